The van der Waals surface area contributed by atoms with Gasteiger partial charge in [0.15, 0.2) is 0 Å². The van der Waals surface area contributed by atoms with Crippen molar-refractivity contribution in [3.8, 4) is 0 Å². The molecule has 1 aromatic carbocycles. The van der Waals surface area contributed by atoms with Crippen LogP contribution in [0.1, 0.15) is 57.1 Å². The molecular formula is C19H29NO. The number of fused-ring (bicyclic) bond motifs is 1. The maximum atomic E-state index is 11.5. The van der Waals surface area contributed by atoms with Crippen LogP contribution >= 0.6 is 0 Å². The number of aliphatic hydroxyl groups is 1. The standard InChI is InChI=1S/C19H29NO/c1-17(2)9-5-10-19(21,13-17)18(14-20)11-8-15-6-3-4-7-16(15)12-18/h3-4,6-7,21H,5,8-14,20H2,1-2H3. The van der Waals surface area contributed by atoms with Crippen LogP contribution in [0, 0.1) is 10.8 Å². The first-order chi connectivity index (χ1) is 9.90. The molecule has 0 amide bonds. The molecule has 0 heterocycles. The molecule has 0 spiro atoms. The lowest BCUT2D eigenvalue weighted by atomic mass is 9.54. The number of nitrogens with two attached hydrogens (primary N) is 1. The molecule has 21 heavy (non-hydrogen) atoms. The normalized spacial score (nSPS) is 35.2. The molecule has 2 unspecified atom stereocenters. The molecule has 2 heteroatoms. The maximum Gasteiger partial charge on any atom is 0.0724 e. The molecule has 3 rings (SSSR count). The topological polar surface area (TPSA) is 46.2 Å². The van der Waals surface area contributed by atoms with Crippen molar-refractivity contribution in [1.29, 1.82) is 0 Å². The van der Waals surface area contributed by atoms with Crippen LogP contribution in [0.3, 0.4) is 0 Å². The van der Waals surface area contributed by atoms with E-state index in [9.17, 15) is 5.11 Å². The second kappa shape index (κ2) is 5.10. The summed E-state index contributed by atoms with van der Waals surface area (Å²) in [6.07, 6.45) is 7.14. The molecule has 2 atom stereocenters. The van der Waals surface area contributed by atoms with Gasteiger partial charge in [0.25, 0.3) is 0 Å². The molecule has 0 aliphatic heterocycles. The highest BCUT2D eigenvalue weighted by molar-refractivity contribution is 5.32. The van der Waals surface area contributed by atoms with E-state index >= 15 is 0 Å². The third-order valence-corrected chi connectivity index (χ3v) is 6.11. The van der Waals surface area contributed by atoms with Crippen LogP contribution in [0.2, 0.25) is 0 Å². The minimum atomic E-state index is -0.600. The van der Waals surface area contributed by atoms with Crippen LogP contribution in [0.15, 0.2) is 24.3 Å². The average Bonchev–Trinajstić information content (AvgIpc) is 2.45. The van der Waals surface area contributed by atoms with Crippen molar-refractivity contribution in [1.82, 2.24) is 0 Å². The smallest absolute Gasteiger partial charge is 0.0724 e. The molecule has 2 aliphatic carbocycles. The van der Waals surface area contributed by atoms with Crippen molar-refractivity contribution in [2.75, 3.05) is 6.54 Å². The van der Waals surface area contributed by atoms with Crippen LogP contribution in [0.25, 0.3) is 0 Å². The summed E-state index contributed by atoms with van der Waals surface area (Å²) < 4.78 is 0. The molecule has 116 valence electrons. The van der Waals surface area contributed by atoms with Crippen LogP contribution < -0.4 is 5.73 Å². The third kappa shape index (κ3) is 2.53. The summed E-state index contributed by atoms with van der Waals surface area (Å²) in [7, 11) is 0. The predicted octanol–water partition coefficient (Wildman–Crippen LogP) is 3.45. The zero-order valence-electron chi connectivity index (χ0n) is 13.5. The molecule has 2 aliphatic rings. The van der Waals surface area contributed by atoms with E-state index in [1.54, 1.807) is 0 Å². The molecule has 3 N–H and O–H groups in total. The van der Waals surface area contributed by atoms with E-state index in [0.29, 0.717) is 6.54 Å². The fourth-order valence-electron chi connectivity index (χ4n) is 4.84. The van der Waals surface area contributed by atoms with E-state index in [1.807, 2.05) is 0 Å². The van der Waals surface area contributed by atoms with Crippen molar-refractivity contribution in [3.05, 3.63) is 35.4 Å². The van der Waals surface area contributed by atoms with Gasteiger partial charge < -0.3 is 10.8 Å². The Balaban J connectivity index is 1.95. The Morgan fingerprint density at radius 2 is 1.81 bits per heavy atom. The van der Waals surface area contributed by atoms with Gasteiger partial charge in [-0.25, -0.2) is 0 Å². The number of benzene rings is 1. The van der Waals surface area contributed by atoms with Gasteiger partial charge in [0.05, 0.1) is 5.60 Å². The lowest BCUT2D eigenvalue weighted by molar-refractivity contribution is -0.137. The summed E-state index contributed by atoms with van der Waals surface area (Å²) in [6, 6.07) is 8.67. The third-order valence-electron chi connectivity index (χ3n) is 6.11. The number of hydrogen-bond acceptors (Lipinski definition) is 2. The Labute approximate surface area is 128 Å². The summed E-state index contributed by atoms with van der Waals surface area (Å²) in [5.74, 6) is 0. The van der Waals surface area contributed by atoms with E-state index in [0.717, 1.165) is 38.5 Å². The summed E-state index contributed by atoms with van der Waals surface area (Å²) in [6.45, 7) is 5.17. The highest BCUT2D eigenvalue weighted by Crippen LogP contribution is 2.53. The molecule has 0 bridgehead atoms. The summed E-state index contributed by atoms with van der Waals surface area (Å²) >= 11 is 0. The first kappa shape index (κ1) is 15.1. The molecule has 2 nitrogen and oxygen atoms in total. The molecule has 0 saturated heterocycles. The quantitative estimate of drug-likeness (QED) is 0.875. The van der Waals surface area contributed by atoms with Crippen LogP contribution in [0.5, 0.6) is 0 Å². The molecular weight excluding hydrogens is 258 g/mol. The Bertz CT molecular complexity index is 524. The first-order valence-electron chi connectivity index (χ1n) is 8.39. The highest BCUT2D eigenvalue weighted by Gasteiger charge is 2.53. The van der Waals surface area contributed by atoms with Gasteiger partial charge in [0.1, 0.15) is 0 Å². The van der Waals surface area contributed by atoms with Crippen molar-refractivity contribution in [2.45, 2.75) is 64.4 Å². The maximum absolute atomic E-state index is 11.5. The first-order valence-corrected chi connectivity index (χ1v) is 8.39. The van der Waals surface area contributed by atoms with Gasteiger partial charge in [0, 0.05) is 12.0 Å². The van der Waals surface area contributed by atoms with Crippen molar-refractivity contribution in [3.63, 3.8) is 0 Å². The van der Waals surface area contributed by atoms with Gasteiger partial charge >= 0.3 is 0 Å². The SMILES string of the molecule is CC1(C)CCCC(O)(C2(CN)CCc3ccccc3C2)C1. The summed E-state index contributed by atoms with van der Waals surface area (Å²) in [4.78, 5) is 0. The van der Waals surface area contributed by atoms with Crippen LogP contribution in [-0.2, 0) is 12.8 Å². The predicted molar refractivity (Wildman–Crippen MR) is 87.2 cm³/mol. The fourth-order valence-corrected chi connectivity index (χ4v) is 4.84. The Kier molecular flexibility index (Phi) is 3.66. The summed E-state index contributed by atoms with van der Waals surface area (Å²) in [5, 5.41) is 11.5. The lowest BCUT2D eigenvalue weighted by Gasteiger charge is -2.54. The van der Waals surface area contributed by atoms with Gasteiger partial charge in [-0.2, -0.15) is 0 Å². The number of aryl methyl sites for hydroxylation is 1. The Morgan fingerprint density at radius 3 is 2.48 bits per heavy atom. The highest BCUT2D eigenvalue weighted by atomic mass is 16.3. The zero-order valence-corrected chi connectivity index (χ0v) is 13.5. The molecule has 1 aromatic rings. The van der Waals surface area contributed by atoms with Crippen molar-refractivity contribution >= 4 is 0 Å². The van der Waals surface area contributed by atoms with Crippen LogP contribution in [-0.4, -0.2) is 17.3 Å². The van der Waals surface area contributed by atoms with Crippen molar-refractivity contribution in [2.24, 2.45) is 16.6 Å². The van der Waals surface area contributed by atoms with Gasteiger partial charge in [-0.1, -0.05) is 44.5 Å². The number of hydrogen-bond donors (Lipinski definition) is 2. The van der Waals surface area contributed by atoms with E-state index < -0.39 is 5.60 Å². The van der Waals surface area contributed by atoms with Gasteiger partial charge in [-0.05, 0) is 55.1 Å². The number of rotatable bonds is 2. The van der Waals surface area contributed by atoms with Gasteiger partial charge in [-0.15, -0.1) is 0 Å². The van der Waals surface area contributed by atoms with Gasteiger partial charge in [0.2, 0.25) is 0 Å². The zero-order chi connectivity index (χ0) is 15.1. The molecule has 0 aromatic heterocycles. The van der Waals surface area contributed by atoms with E-state index in [1.165, 1.54) is 17.5 Å². The monoisotopic (exact) mass is 287 g/mol. The average molecular weight is 287 g/mol. The minimum Gasteiger partial charge on any atom is -0.389 e. The van der Waals surface area contributed by atoms with Crippen molar-refractivity contribution < 1.29 is 5.11 Å². The fraction of sp³-hybridized carbons (Fsp3) is 0.684. The minimum absolute atomic E-state index is 0.140. The molecule has 1 saturated carbocycles. The van der Waals surface area contributed by atoms with Gasteiger partial charge in [-0.3, -0.25) is 0 Å². The van der Waals surface area contributed by atoms with E-state index in [4.69, 9.17) is 5.73 Å². The summed E-state index contributed by atoms with van der Waals surface area (Å²) in [5.41, 5.74) is 8.57. The van der Waals surface area contributed by atoms with E-state index in [-0.39, 0.29) is 10.8 Å². The Morgan fingerprint density at radius 1 is 1.10 bits per heavy atom. The van der Waals surface area contributed by atoms with E-state index in [2.05, 4.69) is 38.1 Å². The molecule has 1 fully saturated rings. The molecule has 0 radical (unpaired) electrons. The van der Waals surface area contributed by atoms with Crippen LogP contribution in [0.4, 0.5) is 0 Å². The largest absolute Gasteiger partial charge is 0.389 e. The second-order valence-electron chi connectivity index (χ2n) is 8.16. The second-order valence-corrected chi connectivity index (χ2v) is 8.16. The lowest BCUT2D eigenvalue weighted by Crippen LogP contribution is -2.58. The Hall–Kier alpha value is -0.860.